The van der Waals surface area contributed by atoms with Crippen LogP contribution in [0.15, 0.2) is 11.3 Å². The largest absolute Gasteiger partial charge is 0.476 e. The summed E-state index contributed by atoms with van der Waals surface area (Å²) >= 11 is 0. The molecule has 2 rings (SSSR count). The van der Waals surface area contributed by atoms with Crippen LogP contribution in [0.2, 0.25) is 0 Å². The summed E-state index contributed by atoms with van der Waals surface area (Å²) < 4.78 is 5.22. The molecule has 1 aromatic heterocycles. The van der Waals surface area contributed by atoms with Gasteiger partial charge in [-0.15, -0.1) is 0 Å². The Morgan fingerprint density at radius 1 is 1.42 bits per heavy atom. The van der Waals surface area contributed by atoms with E-state index in [9.17, 15) is 0 Å². The Morgan fingerprint density at radius 2 is 2.33 bits per heavy atom. The molecule has 0 aliphatic carbocycles. The van der Waals surface area contributed by atoms with Gasteiger partial charge in [0.1, 0.15) is 12.7 Å². The van der Waals surface area contributed by atoms with Crippen LogP contribution < -0.4 is 10.1 Å². The summed E-state index contributed by atoms with van der Waals surface area (Å²) in [5, 5.41) is 3.92. The van der Waals surface area contributed by atoms with E-state index in [2.05, 4.69) is 20.3 Å². The average molecular weight is 163 g/mol. The first-order chi connectivity index (χ1) is 5.92. The van der Waals surface area contributed by atoms with E-state index in [0.29, 0.717) is 24.0 Å². The van der Waals surface area contributed by atoms with Crippen LogP contribution in [0.3, 0.4) is 0 Å². The Balaban J connectivity index is 2.41. The highest BCUT2D eigenvalue weighted by molar-refractivity contribution is 5.81. The van der Waals surface area contributed by atoms with E-state index in [0.717, 1.165) is 0 Å². The van der Waals surface area contributed by atoms with Crippen LogP contribution >= 0.6 is 0 Å². The molecule has 0 atom stereocenters. The Bertz CT molecular complexity index is 323. The summed E-state index contributed by atoms with van der Waals surface area (Å²) in [6, 6.07) is 0. The van der Waals surface area contributed by atoms with E-state index in [-0.39, 0.29) is 0 Å². The van der Waals surface area contributed by atoms with Crippen molar-refractivity contribution >= 4 is 17.8 Å². The molecule has 1 aliphatic rings. The normalized spacial score (nSPS) is 12.4. The van der Waals surface area contributed by atoms with Gasteiger partial charge >= 0.3 is 0 Å². The number of rotatable bonds is 2. The van der Waals surface area contributed by atoms with Crippen molar-refractivity contribution in [1.82, 2.24) is 15.3 Å². The third-order valence-corrected chi connectivity index (χ3v) is 1.42. The van der Waals surface area contributed by atoms with E-state index >= 15 is 0 Å². The second kappa shape index (κ2) is 2.77. The number of aliphatic imine (C=N–C) groups is 1. The number of nitrogens with zero attached hydrogens (tertiary/aromatic N) is 4. The molecule has 5 heteroatoms. The maximum absolute atomic E-state index is 5.22. The minimum absolute atomic E-state index is 0.500. The van der Waals surface area contributed by atoms with Gasteiger partial charge in [0.05, 0.1) is 6.61 Å². The Labute approximate surface area is 69.5 Å². The lowest BCUT2D eigenvalue weighted by atomic mass is 10.5. The van der Waals surface area contributed by atoms with E-state index in [1.54, 1.807) is 0 Å². The van der Waals surface area contributed by atoms with E-state index in [1.807, 2.05) is 6.92 Å². The van der Waals surface area contributed by atoms with Gasteiger partial charge in [0.25, 0.3) is 0 Å². The molecule has 0 saturated carbocycles. The monoisotopic (exact) mass is 163 g/mol. The highest BCUT2D eigenvalue weighted by atomic mass is 16.5. The number of aromatic nitrogens is 2. The molecule has 1 radical (unpaired) electrons. The lowest BCUT2D eigenvalue weighted by molar-refractivity contribution is 0.328. The summed E-state index contributed by atoms with van der Waals surface area (Å²) in [5.74, 6) is 1.08. The third kappa shape index (κ3) is 0.990. The van der Waals surface area contributed by atoms with Crippen molar-refractivity contribution in [3.63, 3.8) is 0 Å². The molecule has 0 saturated heterocycles. The zero-order valence-electron chi connectivity index (χ0n) is 6.56. The van der Waals surface area contributed by atoms with Crippen molar-refractivity contribution < 1.29 is 4.74 Å². The lowest BCUT2D eigenvalue weighted by Gasteiger charge is -2.02. The van der Waals surface area contributed by atoms with Gasteiger partial charge in [-0.05, 0) is 6.92 Å². The first-order valence-corrected chi connectivity index (χ1v) is 3.63. The molecule has 0 aromatic carbocycles. The zero-order chi connectivity index (χ0) is 8.39. The minimum atomic E-state index is 0.500. The Kier molecular flexibility index (Phi) is 1.62. The van der Waals surface area contributed by atoms with Gasteiger partial charge in [0.2, 0.25) is 5.88 Å². The number of ether oxygens (including phenoxy) is 1. The molecule has 0 N–H and O–H groups in total. The van der Waals surface area contributed by atoms with E-state index in [4.69, 9.17) is 4.74 Å². The topological polar surface area (TPSA) is 61.5 Å². The van der Waals surface area contributed by atoms with Gasteiger partial charge in [-0.3, -0.25) is 0 Å². The fraction of sp³-hybridized carbons (Fsp3) is 0.286. The van der Waals surface area contributed by atoms with Gasteiger partial charge < -0.3 is 4.74 Å². The first-order valence-electron chi connectivity index (χ1n) is 3.63. The van der Waals surface area contributed by atoms with Gasteiger partial charge in [-0.25, -0.2) is 15.3 Å². The highest BCUT2D eigenvalue weighted by Crippen LogP contribution is 2.33. The molecule has 1 aliphatic heterocycles. The van der Waals surface area contributed by atoms with Gasteiger partial charge in [0.15, 0.2) is 11.5 Å². The smallest absolute Gasteiger partial charge is 0.245 e. The first kappa shape index (κ1) is 7.02. The second-order valence-corrected chi connectivity index (χ2v) is 2.16. The van der Waals surface area contributed by atoms with Crippen molar-refractivity contribution in [2.24, 2.45) is 4.99 Å². The third-order valence-electron chi connectivity index (χ3n) is 1.42. The molecule has 61 valence electrons. The molecule has 0 spiro atoms. The molecular weight excluding hydrogens is 156 g/mol. The summed E-state index contributed by atoms with van der Waals surface area (Å²) in [6.45, 7) is 2.46. The van der Waals surface area contributed by atoms with Gasteiger partial charge in [0, 0.05) is 0 Å². The zero-order valence-corrected chi connectivity index (χ0v) is 6.56. The molecule has 12 heavy (non-hydrogen) atoms. The van der Waals surface area contributed by atoms with Crippen LogP contribution in [-0.2, 0) is 0 Å². The molecule has 1 aromatic rings. The number of hydrogen-bond donors (Lipinski definition) is 0. The predicted molar refractivity (Wildman–Crippen MR) is 43.1 cm³/mol. The average Bonchev–Trinajstić information content (AvgIpc) is 2.53. The van der Waals surface area contributed by atoms with Crippen molar-refractivity contribution in [2.75, 3.05) is 6.61 Å². The SMILES string of the molecule is CCOc1ncnc2c1N=C[N]2. The fourth-order valence-corrected chi connectivity index (χ4v) is 0.945. The summed E-state index contributed by atoms with van der Waals surface area (Å²) in [7, 11) is 0. The van der Waals surface area contributed by atoms with Crippen molar-refractivity contribution in [1.29, 1.82) is 0 Å². The van der Waals surface area contributed by atoms with Crippen LogP contribution in [0, 0.1) is 0 Å². The molecule has 0 amide bonds. The molecular formula is C7H7N4O. The van der Waals surface area contributed by atoms with Crippen LogP contribution in [0.25, 0.3) is 0 Å². The van der Waals surface area contributed by atoms with Crippen LogP contribution in [0.5, 0.6) is 5.88 Å². The van der Waals surface area contributed by atoms with Gasteiger partial charge in [-0.2, -0.15) is 4.98 Å². The minimum Gasteiger partial charge on any atom is -0.476 e. The molecule has 0 bridgehead atoms. The maximum Gasteiger partial charge on any atom is 0.245 e. The van der Waals surface area contributed by atoms with Crippen LogP contribution in [-0.4, -0.2) is 22.9 Å². The summed E-state index contributed by atoms with van der Waals surface area (Å²) in [6.07, 6.45) is 2.86. The molecule has 0 unspecified atom stereocenters. The standard InChI is InChI=1S/C7H7N4O/c1-2-12-7-5-6(9-3-8-5)10-4-11-7/h3-4H,2H2,1H3. The molecule has 0 fully saturated rings. The fourth-order valence-electron chi connectivity index (χ4n) is 0.945. The molecule has 5 nitrogen and oxygen atoms in total. The van der Waals surface area contributed by atoms with E-state index in [1.165, 1.54) is 12.7 Å². The van der Waals surface area contributed by atoms with Crippen molar-refractivity contribution in [2.45, 2.75) is 6.92 Å². The summed E-state index contributed by atoms with van der Waals surface area (Å²) in [5.41, 5.74) is 0.624. The van der Waals surface area contributed by atoms with E-state index < -0.39 is 0 Å². The van der Waals surface area contributed by atoms with Crippen molar-refractivity contribution in [3.05, 3.63) is 6.33 Å². The molecule has 2 heterocycles. The van der Waals surface area contributed by atoms with Crippen molar-refractivity contribution in [3.8, 4) is 5.88 Å². The Hall–Kier alpha value is -1.65. The quantitative estimate of drug-likeness (QED) is 0.647. The highest BCUT2D eigenvalue weighted by Gasteiger charge is 2.15. The predicted octanol–water partition coefficient (Wildman–Crippen LogP) is 0.785. The lowest BCUT2D eigenvalue weighted by Crippen LogP contribution is -1.96. The van der Waals surface area contributed by atoms with Gasteiger partial charge in [-0.1, -0.05) is 0 Å². The maximum atomic E-state index is 5.22. The summed E-state index contributed by atoms with van der Waals surface area (Å²) in [4.78, 5) is 11.8. The number of hydrogen-bond acceptors (Lipinski definition) is 4. The second-order valence-electron chi connectivity index (χ2n) is 2.16. The van der Waals surface area contributed by atoms with Crippen LogP contribution in [0.4, 0.5) is 11.5 Å². The van der Waals surface area contributed by atoms with Crippen LogP contribution in [0.1, 0.15) is 6.92 Å². The Morgan fingerprint density at radius 3 is 3.17 bits per heavy atom. The number of fused-ring (bicyclic) bond motifs is 1.